The Balaban J connectivity index is 2.17. The van der Waals surface area contributed by atoms with Crippen LogP contribution in [0.25, 0.3) is 0 Å². The molecule has 0 unspecified atom stereocenters. The van der Waals surface area contributed by atoms with E-state index < -0.39 is 0 Å². The van der Waals surface area contributed by atoms with Gasteiger partial charge < -0.3 is 15.5 Å². The molecule has 1 saturated heterocycles. The predicted molar refractivity (Wildman–Crippen MR) is 93.0 cm³/mol. The number of hydrogen-bond donors (Lipinski definition) is 2. The lowest BCUT2D eigenvalue weighted by Gasteiger charge is -2.31. The van der Waals surface area contributed by atoms with Crippen LogP contribution in [0.4, 0.5) is 0 Å². The van der Waals surface area contributed by atoms with Gasteiger partial charge in [0.2, 0.25) is 0 Å². The summed E-state index contributed by atoms with van der Waals surface area (Å²) in [5, 5.41) is 6.84. The first kappa shape index (κ1) is 18.3. The first-order chi connectivity index (χ1) is 10.3. The zero-order valence-electron chi connectivity index (χ0n) is 14.5. The highest BCUT2D eigenvalue weighted by Gasteiger charge is 2.17. The maximum absolute atomic E-state index is 4.65. The molecule has 2 N–H and O–H groups in total. The third-order valence-electron chi connectivity index (χ3n) is 4.38. The Labute approximate surface area is 131 Å². The highest BCUT2D eigenvalue weighted by molar-refractivity contribution is 5.79. The average Bonchev–Trinajstić information content (AvgIpc) is 2.52. The van der Waals surface area contributed by atoms with Crippen LogP contribution in [0.1, 0.15) is 59.3 Å². The molecule has 1 heterocycles. The minimum Gasteiger partial charge on any atom is -0.357 e. The van der Waals surface area contributed by atoms with Crippen molar-refractivity contribution in [3.8, 4) is 0 Å². The van der Waals surface area contributed by atoms with Crippen molar-refractivity contribution >= 4 is 5.96 Å². The van der Waals surface area contributed by atoms with Crippen molar-refractivity contribution in [2.75, 3.05) is 39.3 Å². The lowest BCUT2D eigenvalue weighted by molar-refractivity contribution is 0.187. The number of nitrogens with zero attached hydrogens (tertiary/aromatic N) is 2. The van der Waals surface area contributed by atoms with Crippen LogP contribution in [0.2, 0.25) is 0 Å². The molecular formula is C17H36N4. The zero-order valence-corrected chi connectivity index (χ0v) is 14.5. The molecule has 1 fully saturated rings. The van der Waals surface area contributed by atoms with Crippen LogP contribution in [0, 0.1) is 5.92 Å². The fraction of sp³-hybridized carbons (Fsp3) is 0.941. The van der Waals surface area contributed by atoms with Crippen LogP contribution < -0.4 is 10.6 Å². The van der Waals surface area contributed by atoms with Gasteiger partial charge in [0, 0.05) is 19.6 Å². The maximum atomic E-state index is 4.65. The fourth-order valence-electron chi connectivity index (χ4n) is 2.88. The largest absolute Gasteiger partial charge is 0.357 e. The minimum absolute atomic E-state index is 0.892. The molecule has 0 aromatic carbocycles. The minimum atomic E-state index is 0.892. The predicted octanol–water partition coefficient (Wildman–Crippen LogP) is 2.85. The molecule has 0 radical (unpaired) electrons. The third kappa shape index (κ3) is 8.30. The van der Waals surface area contributed by atoms with Gasteiger partial charge in [0.1, 0.15) is 0 Å². The molecule has 0 aromatic rings. The molecule has 1 rings (SSSR count). The van der Waals surface area contributed by atoms with E-state index in [4.69, 9.17) is 0 Å². The molecule has 0 spiro atoms. The number of piperidine rings is 1. The molecule has 0 amide bonds. The summed E-state index contributed by atoms with van der Waals surface area (Å²) in [7, 11) is 0. The van der Waals surface area contributed by atoms with E-state index >= 15 is 0 Å². The highest BCUT2D eigenvalue weighted by Crippen LogP contribution is 2.19. The summed E-state index contributed by atoms with van der Waals surface area (Å²) in [6.07, 6.45) is 7.73. The van der Waals surface area contributed by atoms with Gasteiger partial charge in [0.25, 0.3) is 0 Å². The average molecular weight is 297 g/mol. The van der Waals surface area contributed by atoms with E-state index in [1.165, 1.54) is 58.2 Å². The maximum Gasteiger partial charge on any atom is 0.191 e. The molecule has 0 saturated carbocycles. The Morgan fingerprint density at radius 1 is 1.10 bits per heavy atom. The smallest absolute Gasteiger partial charge is 0.191 e. The van der Waals surface area contributed by atoms with Gasteiger partial charge in [-0.3, -0.25) is 4.99 Å². The van der Waals surface area contributed by atoms with Crippen molar-refractivity contribution in [1.29, 1.82) is 0 Å². The molecule has 1 aliphatic rings. The molecule has 0 aromatic heterocycles. The van der Waals surface area contributed by atoms with Crippen LogP contribution in [0.5, 0.6) is 0 Å². The van der Waals surface area contributed by atoms with Gasteiger partial charge in [-0.25, -0.2) is 0 Å². The number of likely N-dealkylation sites (tertiary alicyclic amines) is 1. The molecule has 0 aliphatic carbocycles. The molecule has 21 heavy (non-hydrogen) atoms. The Hall–Kier alpha value is -0.770. The first-order valence-corrected chi connectivity index (χ1v) is 9.04. The summed E-state index contributed by atoms with van der Waals surface area (Å²) in [5.74, 6) is 1.89. The number of guanidine groups is 1. The van der Waals surface area contributed by atoms with Crippen LogP contribution >= 0.6 is 0 Å². The lowest BCUT2D eigenvalue weighted by atomic mass is 9.93. The van der Waals surface area contributed by atoms with E-state index in [2.05, 4.69) is 41.3 Å². The molecule has 4 nitrogen and oxygen atoms in total. The summed E-state index contributed by atoms with van der Waals surface area (Å²) in [6, 6.07) is 0. The summed E-state index contributed by atoms with van der Waals surface area (Å²) in [5.41, 5.74) is 0. The fourth-order valence-corrected chi connectivity index (χ4v) is 2.88. The number of hydrogen-bond acceptors (Lipinski definition) is 2. The standard InChI is InChI=1S/C17H36N4/c1-4-7-8-12-19-17(18-5-2)20-13-9-16-10-14-21(6-3)15-11-16/h16H,4-15H2,1-3H3,(H2,18,19,20). The molecular weight excluding hydrogens is 260 g/mol. The topological polar surface area (TPSA) is 39.7 Å². The SMILES string of the molecule is CCCCCN=C(NCC)NCCC1CCN(CC)CC1. The van der Waals surface area contributed by atoms with E-state index in [1.807, 2.05) is 0 Å². The van der Waals surface area contributed by atoms with Crippen molar-refractivity contribution < 1.29 is 0 Å². The van der Waals surface area contributed by atoms with E-state index in [9.17, 15) is 0 Å². The Morgan fingerprint density at radius 2 is 1.86 bits per heavy atom. The number of nitrogens with one attached hydrogen (secondary N) is 2. The van der Waals surface area contributed by atoms with Crippen LogP contribution in [0.3, 0.4) is 0 Å². The summed E-state index contributed by atoms with van der Waals surface area (Å²) >= 11 is 0. The zero-order chi connectivity index (χ0) is 15.3. The highest BCUT2D eigenvalue weighted by atomic mass is 15.2. The van der Waals surface area contributed by atoms with Crippen molar-refractivity contribution in [3.63, 3.8) is 0 Å². The van der Waals surface area contributed by atoms with Crippen molar-refractivity contribution in [3.05, 3.63) is 0 Å². The van der Waals surface area contributed by atoms with Crippen molar-refractivity contribution in [1.82, 2.24) is 15.5 Å². The van der Waals surface area contributed by atoms with E-state index in [1.54, 1.807) is 0 Å². The molecule has 4 heteroatoms. The molecule has 0 atom stereocenters. The normalized spacial score (nSPS) is 18.0. The third-order valence-corrected chi connectivity index (χ3v) is 4.38. The molecule has 0 bridgehead atoms. The lowest BCUT2D eigenvalue weighted by Crippen LogP contribution is -2.39. The van der Waals surface area contributed by atoms with Gasteiger partial charge >= 0.3 is 0 Å². The monoisotopic (exact) mass is 296 g/mol. The second-order valence-electron chi connectivity index (χ2n) is 6.06. The number of unbranched alkanes of at least 4 members (excludes halogenated alkanes) is 2. The summed E-state index contributed by atoms with van der Waals surface area (Å²) in [6.45, 7) is 13.3. The molecule has 1 aliphatic heterocycles. The van der Waals surface area contributed by atoms with Crippen molar-refractivity contribution in [2.45, 2.75) is 59.3 Å². The van der Waals surface area contributed by atoms with Gasteiger partial charge in [-0.05, 0) is 58.2 Å². The van der Waals surface area contributed by atoms with E-state index in [-0.39, 0.29) is 0 Å². The Bertz CT molecular complexity index is 270. The number of rotatable bonds is 9. The van der Waals surface area contributed by atoms with E-state index in [0.717, 1.165) is 31.5 Å². The van der Waals surface area contributed by atoms with Crippen LogP contribution in [-0.4, -0.2) is 50.1 Å². The van der Waals surface area contributed by atoms with Crippen LogP contribution in [0.15, 0.2) is 4.99 Å². The van der Waals surface area contributed by atoms with Crippen LogP contribution in [-0.2, 0) is 0 Å². The van der Waals surface area contributed by atoms with E-state index in [0.29, 0.717) is 0 Å². The number of aliphatic imine (C=N–C) groups is 1. The van der Waals surface area contributed by atoms with Gasteiger partial charge in [0.05, 0.1) is 0 Å². The van der Waals surface area contributed by atoms with Gasteiger partial charge in [0.15, 0.2) is 5.96 Å². The van der Waals surface area contributed by atoms with Gasteiger partial charge in [-0.1, -0.05) is 26.7 Å². The quantitative estimate of drug-likeness (QED) is 0.390. The first-order valence-electron chi connectivity index (χ1n) is 9.04. The Morgan fingerprint density at radius 3 is 2.48 bits per heavy atom. The second-order valence-corrected chi connectivity index (χ2v) is 6.06. The molecule has 124 valence electrons. The van der Waals surface area contributed by atoms with Crippen molar-refractivity contribution in [2.24, 2.45) is 10.9 Å². The Kier molecular flexibility index (Phi) is 10.3. The second kappa shape index (κ2) is 11.8. The summed E-state index contributed by atoms with van der Waals surface area (Å²) in [4.78, 5) is 7.20. The van der Waals surface area contributed by atoms with Gasteiger partial charge in [-0.2, -0.15) is 0 Å². The summed E-state index contributed by atoms with van der Waals surface area (Å²) < 4.78 is 0. The van der Waals surface area contributed by atoms with Gasteiger partial charge in [-0.15, -0.1) is 0 Å².